The minimum absolute atomic E-state index is 0.0430. The quantitative estimate of drug-likeness (QED) is 0.240. The van der Waals surface area contributed by atoms with Crippen LogP contribution in [0, 0.1) is 11.6 Å². The minimum Gasteiger partial charge on any atom is -0.507 e. The van der Waals surface area contributed by atoms with Crippen molar-refractivity contribution in [1.29, 1.82) is 0 Å². The van der Waals surface area contributed by atoms with Crippen LogP contribution in [0.2, 0.25) is 0 Å². The second-order valence-electron chi connectivity index (χ2n) is 7.84. The van der Waals surface area contributed by atoms with E-state index in [-0.39, 0.29) is 26.7 Å². The molecule has 1 unspecified atom stereocenters. The van der Waals surface area contributed by atoms with Crippen LogP contribution < -0.4 is 9.64 Å². The van der Waals surface area contributed by atoms with Crippen LogP contribution >= 0.6 is 22.7 Å². The normalized spacial score (nSPS) is 19.1. The molecule has 1 fully saturated rings. The molecule has 34 heavy (non-hydrogen) atoms. The van der Waals surface area contributed by atoms with E-state index in [2.05, 4.69) is 4.98 Å². The number of amides is 1. The summed E-state index contributed by atoms with van der Waals surface area (Å²) in [6, 6.07) is 9.49. The number of halogens is 2. The Morgan fingerprint density at radius 3 is 2.82 bits per heavy atom. The number of carbonyl (C=O) groups is 2. The summed E-state index contributed by atoms with van der Waals surface area (Å²) in [7, 11) is 0. The van der Waals surface area contributed by atoms with Crippen molar-refractivity contribution in [2.45, 2.75) is 12.5 Å². The van der Waals surface area contributed by atoms with Crippen LogP contribution in [-0.2, 0) is 16.0 Å². The van der Waals surface area contributed by atoms with Crippen LogP contribution in [0.15, 0.2) is 53.4 Å². The van der Waals surface area contributed by atoms with Gasteiger partial charge < -0.3 is 9.84 Å². The first-order valence-electron chi connectivity index (χ1n) is 10.3. The summed E-state index contributed by atoms with van der Waals surface area (Å²) in [5, 5.41) is 13.0. The molecule has 0 radical (unpaired) electrons. The molecule has 1 amide bonds. The number of hydrogen-bond donors (Lipinski definition) is 1. The predicted molar refractivity (Wildman–Crippen MR) is 124 cm³/mol. The Kier molecular flexibility index (Phi) is 4.75. The fraction of sp³-hybridized carbons (Fsp3) is 0.125. The van der Waals surface area contributed by atoms with Crippen LogP contribution in [0.25, 0.3) is 16.0 Å². The highest BCUT2D eigenvalue weighted by Gasteiger charge is 2.48. The van der Waals surface area contributed by atoms with Gasteiger partial charge in [0.2, 0.25) is 0 Å². The zero-order valence-corrected chi connectivity index (χ0v) is 18.9. The van der Waals surface area contributed by atoms with Gasteiger partial charge in [0.15, 0.2) is 10.9 Å². The highest BCUT2D eigenvalue weighted by atomic mass is 32.1. The maximum Gasteiger partial charge on any atom is 0.301 e. The number of benzene rings is 2. The Balaban J connectivity index is 1.54. The van der Waals surface area contributed by atoms with E-state index in [1.807, 2.05) is 0 Å². The largest absolute Gasteiger partial charge is 0.507 e. The van der Waals surface area contributed by atoms with E-state index >= 15 is 0 Å². The molecule has 4 aromatic rings. The Bertz CT molecular complexity index is 1530. The molecule has 6 rings (SSSR count). The molecule has 1 N–H and O–H groups in total. The number of anilines is 1. The molecular formula is C24H14F2N2O4S2. The molecule has 4 heterocycles. The van der Waals surface area contributed by atoms with Crippen molar-refractivity contribution in [1.82, 2.24) is 4.98 Å². The van der Waals surface area contributed by atoms with Crippen LogP contribution in [0.4, 0.5) is 13.9 Å². The van der Waals surface area contributed by atoms with Crippen molar-refractivity contribution < 1.29 is 28.2 Å². The monoisotopic (exact) mass is 496 g/mol. The van der Waals surface area contributed by atoms with Gasteiger partial charge in [-0.3, -0.25) is 14.5 Å². The number of thiophene rings is 1. The van der Waals surface area contributed by atoms with Crippen molar-refractivity contribution in [3.05, 3.63) is 81.1 Å². The van der Waals surface area contributed by atoms with Gasteiger partial charge in [-0.2, -0.15) is 0 Å². The number of aliphatic hydroxyl groups excluding tert-OH is 1. The molecule has 0 aliphatic carbocycles. The molecular weight excluding hydrogens is 482 g/mol. The molecule has 10 heteroatoms. The van der Waals surface area contributed by atoms with Gasteiger partial charge in [-0.25, -0.2) is 13.8 Å². The number of rotatable bonds is 3. The highest BCUT2D eigenvalue weighted by molar-refractivity contribution is 7.22. The Labute approximate surface area is 199 Å². The average Bonchev–Trinajstić information content (AvgIpc) is 3.59. The van der Waals surface area contributed by atoms with E-state index in [1.54, 1.807) is 35.7 Å². The van der Waals surface area contributed by atoms with Crippen molar-refractivity contribution in [2.75, 3.05) is 11.5 Å². The fourth-order valence-electron chi connectivity index (χ4n) is 4.28. The third-order valence-corrected chi connectivity index (χ3v) is 7.75. The third-order valence-electron chi connectivity index (χ3n) is 5.83. The zero-order valence-electron chi connectivity index (χ0n) is 17.2. The average molecular weight is 497 g/mol. The lowest BCUT2D eigenvalue weighted by Crippen LogP contribution is -2.28. The summed E-state index contributed by atoms with van der Waals surface area (Å²) < 4.78 is 33.7. The standard InChI is InChI=1S/C24H14F2N2O4S2/c25-13-9-14(26)19-17(10-13)34-24(27-19)28-20(16-2-1-7-33-16)18(22(30)23(28)31)21(29)12-3-4-15-11(8-12)5-6-32-15/h1-4,7-10,20,29H,5-6H2/b21-18+. The minimum atomic E-state index is -0.960. The van der Waals surface area contributed by atoms with E-state index in [0.717, 1.165) is 33.6 Å². The van der Waals surface area contributed by atoms with E-state index in [9.17, 15) is 23.5 Å². The van der Waals surface area contributed by atoms with Crippen LogP contribution in [-0.4, -0.2) is 28.4 Å². The predicted octanol–water partition coefficient (Wildman–Crippen LogP) is 5.20. The fourth-order valence-corrected chi connectivity index (χ4v) is 6.14. The number of aromatic nitrogens is 1. The van der Waals surface area contributed by atoms with Crippen LogP contribution in [0.1, 0.15) is 22.0 Å². The first-order chi connectivity index (χ1) is 16.4. The van der Waals surface area contributed by atoms with E-state index in [0.29, 0.717) is 29.5 Å². The van der Waals surface area contributed by atoms with Crippen molar-refractivity contribution in [2.24, 2.45) is 0 Å². The zero-order chi connectivity index (χ0) is 23.6. The number of carbonyl (C=O) groups excluding carboxylic acids is 2. The van der Waals surface area contributed by atoms with E-state index in [1.165, 1.54) is 11.3 Å². The van der Waals surface area contributed by atoms with Crippen molar-refractivity contribution >= 4 is 55.5 Å². The highest BCUT2D eigenvalue weighted by Crippen LogP contribution is 2.46. The number of ether oxygens (including phenoxy) is 1. The Hall–Kier alpha value is -3.63. The lowest BCUT2D eigenvalue weighted by atomic mass is 9.98. The van der Waals surface area contributed by atoms with Gasteiger partial charge in [0.25, 0.3) is 5.78 Å². The number of Topliss-reactive ketones (excluding diaryl/α,β-unsaturated/α-hetero) is 1. The second kappa shape index (κ2) is 7.71. The molecule has 6 nitrogen and oxygen atoms in total. The van der Waals surface area contributed by atoms with Crippen molar-refractivity contribution in [3.63, 3.8) is 0 Å². The molecule has 2 aliphatic heterocycles. The Morgan fingerprint density at radius 2 is 2.03 bits per heavy atom. The van der Waals surface area contributed by atoms with Crippen LogP contribution in [0.3, 0.4) is 0 Å². The van der Waals surface area contributed by atoms with Gasteiger partial charge in [0.1, 0.15) is 28.9 Å². The molecule has 2 aromatic heterocycles. The number of nitrogens with zero attached hydrogens (tertiary/aromatic N) is 2. The lowest BCUT2D eigenvalue weighted by molar-refractivity contribution is -0.132. The van der Waals surface area contributed by atoms with Gasteiger partial charge in [-0.05, 0) is 41.3 Å². The number of aliphatic hydroxyl groups is 1. The molecule has 2 aliphatic rings. The van der Waals surface area contributed by atoms with Gasteiger partial charge in [-0.1, -0.05) is 17.4 Å². The molecule has 2 aromatic carbocycles. The number of fused-ring (bicyclic) bond motifs is 2. The molecule has 1 saturated heterocycles. The maximum atomic E-state index is 14.3. The topological polar surface area (TPSA) is 79.7 Å². The third kappa shape index (κ3) is 3.13. The SMILES string of the molecule is O=C1C(=O)N(c2nc3c(F)cc(F)cc3s2)C(c2cccs2)/C1=C(\O)c1ccc2c(c1)CCO2. The summed E-state index contributed by atoms with van der Waals surface area (Å²) >= 11 is 2.20. The van der Waals surface area contributed by atoms with Gasteiger partial charge in [0.05, 0.1) is 16.9 Å². The van der Waals surface area contributed by atoms with Crippen molar-refractivity contribution in [3.8, 4) is 5.75 Å². The smallest absolute Gasteiger partial charge is 0.301 e. The summed E-state index contributed by atoms with van der Waals surface area (Å²) in [6.07, 6.45) is 0.674. The summed E-state index contributed by atoms with van der Waals surface area (Å²) in [5.74, 6) is -2.99. The number of hydrogen-bond acceptors (Lipinski definition) is 7. The summed E-state index contributed by atoms with van der Waals surface area (Å²) in [4.78, 5) is 32.4. The van der Waals surface area contributed by atoms with Gasteiger partial charge >= 0.3 is 5.91 Å². The summed E-state index contributed by atoms with van der Waals surface area (Å²) in [5.41, 5.74) is 1.11. The first-order valence-corrected chi connectivity index (χ1v) is 12.0. The van der Waals surface area contributed by atoms with E-state index < -0.39 is 29.4 Å². The van der Waals surface area contributed by atoms with E-state index in [4.69, 9.17) is 4.74 Å². The van der Waals surface area contributed by atoms with Crippen LogP contribution in [0.5, 0.6) is 5.75 Å². The molecule has 0 saturated carbocycles. The summed E-state index contributed by atoms with van der Waals surface area (Å²) in [6.45, 7) is 0.536. The number of thiazole rings is 1. The second-order valence-corrected chi connectivity index (χ2v) is 9.82. The maximum absolute atomic E-state index is 14.3. The molecule has 170 valence electrons. The van der Waals surface area contributed by atoms with Gasteiger partial charge in [-0.15, -0.1) is 11.3 Å². The lowest BCUT2D eigenvalue weighted by Gasteiger charge is -2.21. The van der Waals surface area contributed by atoms with Gasteiger partial charge in [0, 0.05) is 22.9 Å². The molecule has 0 spiro atoms. The number of ketones is 1. The molecule has 1 atom stereocenters. The Morgan fingerprint density at radius 1 is 1.18 bits per heavy atom. The molecule has 0 bridgehead atoms. The first kappa shape index (κ1) is 20.9.